The fourth-order valence-corrected chi connectivity index (χ4v) is 3.56. The third-order valence-corrected chi connectivity index (χ3v) is 5.16. The van der Waals surface area contributed by atoms with Crippen molar-refractivity contribution in [2.45, 2.75) is 31.9 Å². The maximum atomic E-state index is 12.7. The molecule has 1 saturated heterocycles. The molecule has 1 fully saturated rings. The summed E-state index contributed by atoms with van der Waals surface area (Å²) in [4.78, 5) is 46.9. The molecule has 2 aromatic rings. The predicted octanol–water partition coefficient (Wildman–Crippen LogP) is 1.20. The Labute approximate surface area is 168 Å². The highest BCUT2D eigenvalue weighted by molar-refractivity contribution is 6.39. The van der Waals surface area contributed by atoms with Crippen molar-refractivity contribution in [3.63, 3.8) is 0 Å². The molecular weight excluding hydrogens is 372 g/mol. The number of carbonyl (C=O) groups is 2. The van der Waals surface area contributed by atoms with Gasteiger partial charge in [0.05, 0.1) is 30.7 Å². The Morgan fingerprint density at radius 3 is 2.83 bits per heavy atom. The van der Waals surface area contributed by atoms with E-state index in [9.17, 15) is 9.59 Å². The Kier molecular flexibility index (Phi) is 4.96. The smallest absolute Gasteiger partial charge is 0.274 e. The van der Waals surface area contributed by atoms with E-state index < -0.39 is 5.60 Å². The van der Waals surface area contributed by atoms with Gasteiger partial charge < -0.3 is 14.6 Å². The number of pyridine rings is 1. The first kappa shape index (κ1) is 19.0. The SMILES string of the molecule is Cc1cnc(C(=O)N2CCC3(CC(C(=O)N(C)Cc4ccccn4)=NO3)C2)cn1. The van der Waals surface area contributed by atoms with E-state index >= 15 is 0 Å². The van der Waals surface area contributed by atoms with E-state index in [0.29, 0.717) is 43.9 Å². The molecule has 29 heavy (non-hydrogen) atoms. The lowest BCUT2D eigenvalue weighted by atomic mass is 9.96. The van der Waals surface area contributed by atoms with Crippen molar-refractivity contribution in [1.82, 2.24) is 24.8 Å². The number of hydrogen-bond donors (Lipinski definition) is 0. The maximum Gasteiger partial charge on any atom is 0.274 e. The number of aryl methyl sites for hydroxylation is 1. The zero-order chi connectivity index (χ0) is 20.4. The van der Waals surface area contributed by atoms with Gasteiger partial charge in [-0.25, -0.2) is 4.98 Å². The summed E-state index contributed by atoms with van der Waals surface area (Å²) in [6.45, 7) is 3.10. The number of rotatable bonds is 4. The monoisotopic (exact) mass is 394 g/mol. The average Bonchev–Trinajstić information content (AvgIpc) is 3.35. The van der Waals surface area contributed by atoms with Crippen LogP contribution in [0.25, 0.3) is 0 Å². The van der Waals surface area contributed by atoms with Gasteiger partial charge in [0.15, 0.2) is 5.60 Å². The van der Waals surface area contributed by atoms with Crippen molar-refractivity contribution in [3.05, 3.63) is 53.9 Å². The summed E-state index contributed by atoms with van der Waals surface area (Å²) in [6, 6.07) is 5.58. The minimum Gasteiger partial charge on any atom is -0.386 e. The quantitative estimate of drug-likeness (QED) is 0.772. The van der Waals surface area contributed by atoms with E-state index in [1.54, 1.807) is 29.2 Å². The molecule has 1 unspecified atom stereocenters. The van der Waals surface area contributed by atoms with Gasteiger partial charge in [-0.1, -0.05) is 11.2 Å². The van der Waals surface area contributed by atoms with Gasteiger partial charge in [0.25, 0.3) is 11.8 Å². The lowest BCUT2D eigenvalue weighted by molar-refractivity contribution is -0.123. The van der Waals surface area contributed by atoms with Crippen molar-refractivity contribution in [2.24, 2.45) is 5.16 Å². The van der Waals surface area contributed by atoms with Crippen LogP contribution in [0.5, 0.6) is 0 Å². The van der Waals surface area contributed by atoms with Crippen LogP contribution in [0.4, 0.5) is 0 Å². The van der Waals surface area contributed by atoms with Crippen molar-refractivity contribution in [3.8, 4) is 0 Å². The molecule has 0 bridgehead atoms. The van der Waals surface area contributed by atoms with Crippen LogP contribution < -0.4 is 0 Å². The van der Waals surface area contributed by atoms with Crippen molar-refractivity contribution in [1.29, 1.82) is 0 Å². The topological polar surface area (TPSA) is 101 Å². The first-order valence-corrected chi connectivity index (χ1v) is 9.44. The first-order chi connectivity index (χ1) is 14.0. The fraction of sp³-hybridized carbons (Fsp3) is 0.400. The van der Waals surface area contributed by atoms with Gasteiger partial charge >= 0.3 is 0 Å². The second kappa shape index (κ2) is 7.57. The minimum absolute atomic E-state index is 0.190. The minimum atomic E-state index is -0.648. The fourth-order valence-electron chi connectivity index (χ4n) is 3.56. The summed E-state index contributed by atoms with van der Waals surface area (Å²) in [5.74, 6) is -0.383. The van der Waals surface area contributed by atoms with Crippen LogP contribution in [-0.2, 0) is 16.2 Å². The van der Waals surface area contributed by atoms with Crippen LogP contribution >= 0.6 is 0 Å². The second-order valence-corrected chi connectivity index (χ2v) is 7.49. The third-order valence-electron chi connectivity index (χ3n) is 5.16. The molecule has 0 radical (unpaired) electrons. The van der Waals surface area contributed by atoms with Gasteiger partial charge in [0.2, 0.25) is 0 Å². The van der Waals surface area contributed by atoms with Crippen LogP contribution in [0.3, 0.4) is 0 Å². The summed E-state index contributed by atoms with van der Waals surface area (Å²) in [5.41, 5.74) is 1.58. The molecule has 2 aromatic heterocycles. The first-order valence-electron chi connectivity index (χ1n) is 9.44. The van der Waals surface area contributed by atoms with Gasteiger partial charge in [0, 0.05) is 38.8 Å². The van der Waals surface area contributed by atoms with Gasteiger partial charge in [-0.2, -0.15) is 0 Å². The maximum absolute atomic E-state index is 12.7. The third kappa shape index (κ3) is 3.94. The molecule has 1 spiro atoms. The number of nitrogens with zero attached hydrogens (tertiary/aromatic N) is 6. The van der Waals surface area contributed by atoms with Crippen LogP contribution in [0.2, 0.25) is 0 Å². The van der Waals surface area contributed by atoms with E-state index in [2.05, 4.69) is 20.1 Å². The highest BCUT2D eigenvalue weighted by atomic mass is 16.7. The van der Waals surface area contributed by atoms with Crippen LogP contribution in [0.1, 0.15) is 34.7 Å². The molecular formula is C20H22N6O3. The van der Waals surface area contributed by atoms with Crippen LogP contribution in [0, 0.1) is 6.92 Å². The summed E-state index contributed by atoms with van der Waals surface area (Å²) < 4.78 is 0. The van der Waals surface area contributed by atoms with Crippen LogP contribution in [-0.4, -0.2) is 68.0 Å². The standard InChI is InChI=1S/C20H22N6O3/c1-14-10-23-17(11-22-14)19(28)26-8-6-20(13-26)9-16(24-29-20)18(27)25(2)12-15-5-3-4-7-21-15/h3-5,7,10-11H,6,8-9,12-13H2,1-2H3. The number of amides is 2. The molecule has 0 N–H and O–H groups in total. The van der Waals surface area contributed by atoms with E-state index in [0.717, 1.165) is 11.4 Å². The number of carbonyl (C=O) groups excluding carboxylic acids is 2. The van der Waals surface area contributed by atoms with E-state index in [1.807, 2.05) is 25.1 Å². The zero-order valence-electron chi connectivity index (χ0n) is 16.4. The number of hydrogen-bond acceptors (Lipinski definition) is 7. The van der Waals surface area contributed by atoms with Gasteiger partial charge in [-0.3, -0.25) is 19.6 Å². The normalized spacial score (nSPS) is 20.5. The Morgan fingerprint density at radius 2 is 2.10 bits per heavy atom. The summed E-state index contributed by atoms with van der Waals surface area (Å²) in [5, 5.41) is 4.05. The summed E-state index contributed by atoms with van der Waals surface area (Å²) in [6.07, 6.45) is 5.74. The van der Waals surface area contributed by atoms with Gasteiger partial charge in [-0.15, -0.1) is 0 Å². The molecule has 2 amide bonds. The molecule has 9 heteroatoms. The molecule has 4 heterocycles. The van der Waals surface area contributed by atoms with E-state index in [-0.39, 0.29) is 11.8 Å². The molecule has 2 aliphatic heterocycles. The van der Waals surface area contributed by atoms with Crippen molar-refractivity contribution in [2.75, 3.05) is 20.1 Å². The number of aromatic nitrogens is 3. The molecule has 150 valence electrons. The molecule has 0 aliphatic carbocycles. The Hall–Kier alpha value is -3.36. The van der Waals surface area contributed by atoms with E-state index in [1.165, 1.54) is 6.20 Å². The zero-order valence-corrected chi connectivity index (χ0v) is 16.4. The average molecular weight is 394 g/mol. The number of oxime groups is 1. The number of likely N-dealkylation sites (tertiary alicyclic amines) is 1. The Balaban J connectivity index is 1.36. The molecule has 0 aromatic carbocycles. The lowest BCUT2D eigenvalue weighted by Crippen LogP contribution is -2.39. The molecule has 4 rings (SSSR count). The molecule has 2 aliphatic rings. The molecule has 0 saturated carbocycles. The lowest BCUT2D eigenvalue weighted by Gasteiger charge is -2.22. The van der Waals surface area contributed by atoms with Gasteiger partial charge in [0.1, 0.15) is 11.4 Å². The van der Waals surface area contributed by atoms with Crippen molar-refractivity contribution >= 4 is 17.5 Å². The second-order valence-electron chi connectivity index (χ2n) is 7.49. The van der Waals surface area contributed by atoms with E-state index in [4.69, 9.17) is 4.84 Å². The molecule has 9 nitrogen and oxygen atoms in total. The predicted molar refractivity (Wildman–Crippen MR) is 104 cm³/mol. The Bertz CT molecular complexity index is 946. The molecule has 1 atom stereocenters. The summed E-state index contributed by atoms with van der Waals surface area (Å²) >= 11 is 0. The highest BCUT2D eigenvalue weighted by Crippen LogP contribution is 2.34. The summed E-state index contributed by atoms with van der Waals surface area (Å²) in [7, 11) is 1.71. The van der Waals surface area contributed by atoms with Crippen LogP contribution in [0.15, 0.2) is 41.9 Å². The van der Waals surface area contributed by atoms with Crippen molar-refractivity contribution < 1.29 is 14.4 Å². The Morgan fingerprint density at radius 1 is 1.24 bits per heavy atom. The van der Waals surface area contributed by atoms with Gasteiger partial charge in [-0.05, 0) is 19.1 Å². The highest BCUT2D eigenvalue weighted by Gasteiger charge is 2.48. The largest absolute Gasteiger partial charge is 0.386 e.